The minimum Gasteiger partial charge on any atom is -0.373 e. The van der Waals surface area contributed by atoms with Gasteiger partial charge in [0, 0.05) is 23.3 Å². The van der Waals surface area contributed by atoms with E-state index in [1.807, 2.05) is 0 Å². The van der Waals surface area contributed by atoms with Gasteiger partial charge >= 0.3 is 0 Å². The number of nitro benzene ring substituents is 1. The van der Waals surface area contributed by atoms with Crippen LogP contribution in [0.2, 0.25) is 0 Å². The average molecular weight is 216 g/mol. The third-order valence-electron chi connectivity index (χ3n) is 1.66. The third kappa shape index (κ3) is 2.07. The first-order valence-corrected chi connectivity index (χ1v) is 4.05. The Bertz CT molecular complexity index is 378. The lowest BCUT2D eigenvalue weighted by atomic mass is 10.1. The Morgan fingerprint density at radius 1 is 1.57 bits per heavy atom. The molecule has 1 atom stereocenters. The van der Waals surface area contributed by atoms with E-state index in [0.717, 1.165) is 6.07 Å². The molecule has 0 amide bonds. The summed E-state index contributed by atoms with van der Waals surface area (Å²) in [6, 6.07) is 3.49. The molecule has 1 aromatic rings. The summed E-state index contributed by atoms with van der Waals surface area (Å²) in [5.41, 5.74) is -1.38. The highest BCUT2D eigenvalue weighted by molar-refractivity contribution is 6.20. The van der Waals surface area contributed by atoms with Gasteiger partial charge in [-0.15, -0.1) is 0 Å². The van der Waals surface area contributed by atoms with E-state index in [-0.39, 0.29) is 16.8 Å². The SMILES string of the molecule is O=Cc1cc([N+](=O)[O-])ccc1C(O)Cl. The van der Waals surface area contributed by atoms with E-state index in [2.05, 4.69) is 0 Å². The number of hydrogen-bond donors (Lipinski definition) is 1. The summed E-state index contributed by atoms with van der Waals surface area (Å²) < 4.78 is 0. The standard InChI is InChI=1S/C8H6ClNO4/c9-8(12)7-2-1-6(10(13)14)3-5(7)4-11/h1-4,8,12H. The monoisotopic (exact) mass is 215 g/mol. The third-order valence-corrected chi connectivity index (χ3v) is 1.90. The molecule has 0 aliphatic carbocycles. The van der Waals surface area contributed by atoms with E-state index in [9.17, 15) is 14.9 Å². The zero-order valence-electron chi connectivity index (χ0n) is 6.88. The number of rotatable bonds is 3. The first-order chi connectivity index (χ1) is 6.56. The molecule has 0 spiro atoms. The Morgan fingerprint density at radius 2 is 2.21 bits per heavy atom. The maximum atomic E-state index is 10.5. The number of aliphatic hydroxyl groups is 1. The van der Waals surface area contributed by atoms with Gasteiger partial charge in [0.05, 0.1) is 4.92 Å². The van der Waals surface area contributed by atoms with Crippen LogP contribution in [0.1, 0.15) is 21.5 Å². The van der Waals surface area contributed by atoms with Crippen molar-refractivity contribution in [1.29, 1.82) is 0 Å². The number of carbonyl (C=O) groups is 1. The summed E-state index contributed by atoms with van der Waals surface area (Å²) in [6.07, 6.45) is 0.411. The van der Waals surface area contributed by atoms with Crippen LogP contribution in [0.4, 0.5) is 5.69 Å². The molecular weight excluding hydrogens is 210 g/mol. The maximum Gasteiger partial charge on any atom is 0.270 e. The summed E-state index contributed by atoms with van der Waals surface area (Å²) in [4.78, 5) is 20.2. The fourth-order valence-corrected chi connectivity index (χ4v) is 1.19. The fourth-order valence-electron chi connectivity index (χ4n) is 0.995. The maximum absolute atomic E-state index is 10.5. The molecule has 0 aromatic heterocycles. The molecule has 1 unspecified atom stereocenters. The lowest BCUT2D eigenvalue weighted by molar-refractivity contribution is -0.384. The number of nitrogens with zero attached hydrogens (tertiary/aromatic N) is 1. The second-order valence-corrected chi connectivity index (χ2v) is 2.94. The van der Waals surface area contributed by atoms with Crippen molar-refractivity contribution in [3.8, 4) is 0 Å². The highest BCUT2D eigenvalue weighted by Crippen LogP contribution is 2.24. The highest BCUT2D eigenvalue weighted by atomic mass is 35.5. The first-order valence-electron chi connectivity index (χ1n) is 3.62. The van der Waals surface area contributed by atoms with Crippen molar-refractivity contribution >= 4 is 23.6 Å². The number of hydrogen-bond acceptors (Lipinski definition) is 4. The van der Waals surface area contributed by atoms with Crippen LogP contribution >= 0.6 is 11.6 Å². The van der Waals surface area contributed by atoms with Crippen molar-refractivity contribution < 1.29 is 14.8 Å². The summed E-state index contributed by atoms with van der Waals surface area (Å²) in [5.74, 6) is 0. The molecular formula is C8H6ClNO4. The zero-order valence-corrected chi connectivity index (χ0v) is 7.64. The van der Waals surface area contributed by atoms with E-state index >= 15 is 0 Å². The largest absolute Gasteiger partial charge is 0.373 e. The summed E-state index contributed by atoms with van der Waals surface area (Å²) in [7, 11) is 0. The topological polar surface area (TPSA) is 80.4 Å². The van der Waals surface area contributed by atoms with Crippen LogP contribution in [0, 0.1) is 10.1 Å². The van der Waals surface area contributed by atoms with Crippen molar-refractivity contribution in [1.82, 2.24) is 0 Å². The molecule has 74 valence electrons. The number of nitro groups is 1. The lowest BCUT2D eigenvalue weighted by Gasteiger charge is -2.04. The van der Waals surface area contributed by atoms with Crippen LogP contribution in [-0.4, -0.2) is 16.3 Å². The number of halogens is 1. The van der Waals surface area contributed by atoms with Gasteiger partial charge in [0.2, 0.25) is 0 Å². The Morgan fingerprint density at radius 3 is 2.64 bits per heavy atom. The Kier molecular flexibility index (Phi) is 3.16. The predicted molar refractivity (Wildman–Crippen MR) is 49.3 cm³/mol. The zero-order chi connectivity index (χ0) is 10.7. The predicted octanol–water partition coefficient (Wildman–Crippen LogP) is 1.64. The van der Waals surface area contributed by atoms with Crippen molar-refractivity contribution in [2.24, 2.45) is 0 Å². The molecule has 1 aromatic carbocycles. The second-order valence-electron chi connectivity index (χ2n) is 2.52. The Labute approximate surface area is 84.1 Å². The number of benzene rings is 1. The van der Waals surface area contributed by atoms with E-state index < -0.39 is 10.5 Å². The molecule has 5 nitrogen and oxygen atoms in total. The van der Waals surface area contributed by atoms with Gasteiger partial charge in [0.25, 0.3) is 5.69 Å². The quantitative estimate of drug-likeness (QED) is 0.360. The molecule has 1 rings (SSSR count). The van der Waals surface area contributed by atoms with Crippen molar-refractivity contribution in [2.45, 2.75) is 5.56 Å². The normalized spacial score (nSPS) is 12.1. The van der Waals surface area contributed by atoms with Crippen LogP contribution < -0.4 is 0 Å². The molecule has 0 aliphatic heterocycles. The highest BCUT2D eigenvalue weighted by Gasteiger charge is 2.13. The molecule has 0 bridgehead atoms. The van der Waals surface area contributed by atoms with Gasteiger partial charge in [-0.3, -0.25) is 14.9 Å². The van der Waals surface area contributed by atoms with Crippen LogP contribution in [0.15, 0.2) is 18.2 Å². The van der Waals surface area contributed by atoms with Crippen molar-refractivity contribution in [3.63, 3.8) is 0 Å². The van der Waals surface area contributed by atoms with Crippen LogP contribution in [0.25, 0.3) is 0 Å². The Hall–Kier alpha value is -1.46. The molecule has 14 heavy (non-hydrogen) atoms. The van der Waals surface area contributed by atoms with Crippen LogP contribution in [0.3, 0.4) is 0 Å². The Balaban J connectivity index is 3.25. The van der Waals surface area contributed by atoms with Gasteiger partial charge < -0.3 is 5.11 Å². The summed E-state index contributed by atoms with van der Waals surface area (Å²) in [5, 5.41) is 19.3. The number of aldehydes is 1. The molecule has 0 radical (unpaired) electrons. The molecule has 0 heterocycles. The van der Waals surface area contributed by atoms with Gasteiger partial charge in [0.1, 0.15) is 0 Å². The summed E-state index contributed by atoms with van der Waals surface area (Å²) >= 11 is 5.35. The van der Waals surface area contributed by atoms with Gasteiger partial charge in [-0.25, -0.2) is 0 Å². The average Bonchev–Trinajstić information content (AvgIpc) is 2.16. The molecule has 1 N–H and O–H groups in total. The van der Waals surface area contributed by atoms with Gasteiger partial charge in [-0.1, -0.05) is 11.6 Å². The molecule has 0 fully saturated rings. The van der Waals surface area contributed by atoms with E-state index in [4.69, 9.17) is 16.7 Å². The van der Waals surface area contributed by atoms with Gasteiger partial charge in [0.15, 0.2) is 11.8 Å². The smallest absolute Gasteiger partial charge is 0.270 e. The molecule has 0 aliphatic rings. The number of aliphatic hydroxyl groups excluding tert-OH is 1. The minimum absolute atomic E-state index is 0.0155. The van der Waals surface area contributed by atoms with Gasteiger partial charge in [-0.2, -0.15) is 0 Å². The first kappa shape index (κ1) is 10.6. The number of carbonyl (C=O) groups excluding carboxylic acids is 1. The second kappa shape index (κ2) is 4.17. The molecule has 0 saturated carbocycles. The van der Waals surface area contributed by atoms with E-state index in [0.29, 0.717) is 6.29 Å². The van der Waals surface area contributed by atoms with Crippen LogP contribution in [0.5, 0.6) is 0 Å². The minimum atomic E-state index is -1.34. The summed E-state index contributed by atoms with van der Waals surface area (Å²) in [6.45, 7) is 0. The molecule has 0 saturated heterocycles. The van der Waals surface area contributed by atoms with Crippen LogP contribution in [-0.2, 0) is 0 Å². The van der Waals surface area contributed by atoms with E-state index in [1.165, 1.54) is 12.1 Å². The van der Waals surface area contributed by atoms with Crippen molar-refractivity contribution in [3.05, 3.63) is 39.4 Å². The van der Waals surface area contributed by atoms with Gasteiger partial charge in [-0.05, 0) is 6.07 Å². The van der Waals surface area contributed by atoms with Crippen molar-refractivity contribution in [2.75, 3.05) is 0 Å². The number of alkyl halides is 1. The fraction of sp³-hybridized carbons (Fsp3) is 0.125. The lowest BCUT2D eigenvalue weighted by Crippen LogP contribution is -1.97. The van der Waals surface area contributed by atoms with E-state index in [1.54, 1.807) is 0 Å². The molecule has 6 heteroatoms. The number of non-ortho nitro benzene ring substituents is 1.